The van der Waals surface area contributed by atoms with Crippen LogP contribution in [0, 0.1) is 5.82 Å². The second-order valence-corrected chi connectivity index (χ2v) is 6.08. The fourth-order valence-corrected chi connectivity index (χ4v) is 3.53. The molecule has 5 heteroatoms. The van der Waals surface area contributed by atoms with Gasteiger partial charge < -0.3 is 14.7 Å². The second kappa shape index (κ2) is 5.06. The van der Waals surface area contributed by atoms with Gasteiger partial charge in [-0.05, 0) is 29.7 Å². The van der Waals surface area contributed by atoms with Gasteiger partial charge in [-0.1, -0.05) is 24.3 Å². The molecule has 0 aromatic heterocycles. The SMILES string of the molecule is O=C(c1ccc(F)cc1O)N1CCC2(C1)OCc1ccccc12. The third-order valence-electron chi connectivity index (χ3n) is 4.72. The van der Waals surface area contributed by atoms with E-state index in [2.05, 4.69) is 0 Å². The first-order valence-corrected chi connectivity index (χ1v) is 7.59. The van der Waals surface area contributed by atoms with Gasteiger partial charge in [-0.3, -0.25) is 4.79 Å². The number of hydrogen-bond acceptors (Lipinski definition) is 3. The third-order valence-corrected chi connectivity index (χ3v) is 4.72. The molecule has 2 aromatic rings. The molecule has 2 aliphatic rings. The highest BCUT2D eigenvalue weighted by Crippen LogP contribution is 2.43. The van der Waals surface area contributed by atoms with E-state index in [4.69, 9.17) is 4.74 Å². The van der Waals surface area contributed by atoms with Gasteiger partial charge >= 0.3 is 0 Å². The van der Waals surface area contributed by atoms with E-state index < -0.39 is 11.4 Å². The van der Waals surface area contributed by atoms with E-state index in [0.29, 0.717) is 19.7 Å². The van der Waals surface area contributed by atoms with Crippen LogP contribution in [-0.2, 0) is 16.9 Å². The lowest BCUT2D eigenvalue weighted by Crippen LogP contribution is -2.34. The van der Waals surface area contributed by atoms with Crippen molar-refractivity contribution in [2.24, 2.45) is 0 Å². The van der Waals surface area contributed by atoms with Crippen molar-refractivity contribution in [2.45, 2.75) is 18.6 Å². The molecule has 0 radical (unpaired) electrons. The Kier molecular flexibility index (Phi) is 3.13. The average Bonchev–Trinajstić information content (AvgIpc) is 3.13. The van der Waals surface area contributed by atoms with Crippen LogP contribution in [0.25, 0.3) is 0 Å². The molecule has 1 N–H and O–H groups in total. The number of aromatic hydroxyl groups is 1. The number of phenols is 1. The summed E-state index contributed by atoms with van der Waals surface area (Å²) in [5, 5.41) is 9.82. The quantitative estimate of drug-likeness (QED) is 0.881. The third kappa shape index (κ3) is 2.19. The topological polar surface area (TPSA) is 49.8 Å². The van der Waals surface area contributed by atoms with Gasteiger partial charge in [0.1, 0.15) is 17.2 Å². The van der Waals surface area contributed by atoms with Crippen LogP contribution >= 0.6 is 0 Å². The molecule has 4 rings (SSSR count). The van der Waals surface area contributed by atoms with Gasteiger partial charge in [-0.2, -0.15) is 0 Å². The van der Waals surface area contributed by atoms with Gasteiger partial charge in [0, 0.05) is 12.6 Å². The number of phenolic OH excluding ortho intramolecular Hbond substituents is 1. The van der Waals surface area contributed by atoms with Crippen molar-refractivity contribution < 1.29 is 19.0 Å². The number of ether oxygens (including phenoxy) is 1. The molecule has 0 aliphatic carbocycles. The van der Waals surface area contributed by atoms with E-state index in [1.807, 2.05) is 24.3 Å². The summed E-state index contributed by atoms with van der Waals surface area (Å²) in [6.45, 7) is 1.55. The van der Waals surface area contributed by atoms with Gasteiger partial charge in [0.25, 0.3) is 5.91 Å². The van der Waals surface area contributed by atoms with Crippen LogP contribution in [0.5, 0.6) is 5.75 Å². The van der Waals surface area contributed by atoms with E-state index in [1.165, 1.54) is 12.1 Å². The molecule has 4 nitrogen and oxygen atoms in total. The lowest BCUT2D eigenvalue weighted by Gasteiger charge is -2.25. The number of carbonyl (C=O) groups is 1. The highest BCUT2D eigenvalue weighted by molar-refractivity contribution is 5.97. The molecule has 23 heavy (non-hydrogen) atoms. The summed E-state index contributed by atoms with van der Waals surface area (Å²) < 4.78 is 19.1. The van der Waals surface area contributed by atoms with Gasteiger partial charge in [0.05, 0.1) is 18.7 Å². The summed E-state index contributed by atoms with van der Waals surface area (Å²) in [6, 6.07) is 11.5. The molecule has 1 unspecified atom stereocenters. The fraction of sp³-hybridized carbons (Fsp3) is 0.278. The second-order valence-electron chi connectivity index (χ2n) is 6.08. The summed E-state index contributed by atoms with van der Waals surface area (Å²) in [6.07, 6.45) is 0.720. The minimum absolute atomic E-state index is 0.120. The maximum atomic E-state index is 13.1. The number of fused-ring (bicyclic) bond motifs is 2. The number of halogens is 1. The first-order chi connectivity index (χ1) is 11.1. The molecule has 0 saturated carbocycles. The van der Waals surface area contributed by atoms with Crippen molar-refractivity contribution in [1.29, 1.82) is 0 Å². The zero-order chi connectivity index (χ0) is 16.0. The number of hydrogen-bond donors (Lipinski definition) is 1. The zero-order valence-corrected chi connectivity index (χ0v) is 12.5. The van der Waals surface area contributed by atoms with Crippen molar-refractivity contribution in [3.8, 4) is 5.75 Å². The van der Waals surface area contributed by atoms with Crippen LogP contribution in [0.1, 0.15) is 27.9 Å². The molecule has 2 heterocycles. The summed E-state index contributed by atoms with van der Waals surface area (Å²) in [5.41, 5.74) is 1.96. The van der Waals surface area contributed by atoms with Crippen LogP contribution in [-0.4, -0.2) is 29.0 Å². The lowest BCUT2D eigenvalue weighted by molar-refractivity contribution is -0.0283. The molecule has 1 saturated heterocycles. The Balaban J connectivity index is 1.61. The minimum atomic E-state index is -0.565. The van der Waals surface area contributed by atoms with Crippen molar-refractivity contribution in [2.75, 3.05) is 13.1 Å². The molecule has 118 valence electrons. The maximum absolute atomic E-state index is 13.1. The highest BCUT2D eigenvalue weighted by atomic mass is 19.1. The van der Waals surface area contributed by atoms with Crippen molar-refractivity contribution in [1.82, 2.24) is 4.90 Å². The van der Waals surface area contributed by atoms with Gasteiger partial charge in [-0.15, -0.1) is 0 Å². The molecule has 1 spiro atoms. The van der Waals surface area contributed by atoms with Crippen molar-refractivity contribution >= 4 is 5.91 Å². The highest BCUT2D eigenvalue weighted by Gasteiger charge is 2.46. The van der Waals surface area contributed by atoms with Crippen LogP contribution in [0.15, 0.2) is 42.5 Å². The normalized spacial score (nSPS) is 22.6. The first-order valence-electron chi connectivity index (χ1n) is 7.59. The maximum Gasteiger partial charge on any atom is 0.257 e. The first kappa shape index (κ1) is 14.2. The Morgan fingerprint density at radius 3 is 2.91 bits per heavy atom. The van der Waals surface area contributed by atoms with Gasteiger partial charge in [0.15, 0.2) is 0 Å². The molecule has 1 amide bonds. The smallest absolute Gasteiger partial charge is 0.257 e. The Bertz CT molecular complexity index is 792. The summed E-state index contributed by atoms with van der Waals surface area (Å²) >= 11 is 0. The van der Waals surface area contributed by atoms with E-state index >= 15 is 0 Å². The lowest BCUT2D eigenvalue weighted by atomic mass is 9.92. The van der Waals surface area contributed by atoms with E-state index in [1.54, 1.807) is 4.90 Å². The number of nitrogens with zero attached hydrogens (tertiary/aromatic N) is 1. The van der Waals surface area contributed by atoms with Gasteiger partial charge in [-0.25, -0.2) is 4.39 Å². The summed E-state index contributed by atoms with van der Waals surface area (Å²) in [5.74, 6) is -1.19. The number of amides is 1. The number of likely N-dealkylation sites (tertiary alicyclic amines) is 1. The largest absolute Gasteiger partial charge is 0.507 e. The molecular formula is C18H16FNO3. The number of benzene rings is 2. The number of carbonyl (C=O) groups excluding carboxylic acids is 1. The van der Waals surface area contributed by atoms with E-state index in [0.717, 1.165) is 23.6 Å². The van der Waals surface area contributed by atoms with Crippen molar-refractivity contribution in [3.05, 3.63) is 65.0 Å². The Morgan fingerprint density at radius 1 is 1.26 bits per heavy atom. The molecule has 1 fully saturated rings. The standard InChI is InChI=1S/C18H16FNO3/c19-13-5-6-14(16(21)9-13)17(22)20-8-7-18(11-20)15-4-2-1-3-12(15)10-23-18/h1-6,9,21H,7-8,10-11H2. The predicted octanol–water partition coefficient (Wildman–Crippen LogP) is 2.80. The summed E-state index contributed by atoms with van der Waals surface area (Å²) in [7, 11) is 0. The summed E-state index contributed by atoms with van der Waals surface area (Å²) in [4.78, 5) is 14.3. The Hall–Kier alpha value is -2.40. The van der Waals surface area contributed by atoms with Crippen LogP contribution < -0.4 is 0 Å². The fourth-order valence-electron chi connectivity index (χ4n) is 3.53. The van der Waals surface area contributed by atoms with E-state index in [-0.39, 0.29) is 17.2 Å². The van der Waals surface area contributed by atoms with Gasteiger partial charge in [0.2, 0.25) is 0 Å². The van der Waals surface area contributed by atoms with Crippen molar-refractivity contribution in [3.63, 3.8) is 0 Å². The monoisotopic (exact) mass is 313 g/mol. The van der Waals surface area contributed by atoms with Crippen LogP contribution in [0.2, 0.25) is 0 Å². The van der Waals surface area contributed by atoms with E-state index in [9.17, 15) is 14.3 Å². The average molecular weight is 313 g/mol. The molecule has 2 aliphatic heterocycles. The van der Waals surface area contributed by atoms with Crippen LogP contribution in [0.4, 0.5) is 4.39 Å². The molecular weight excluding hydrogens is 297 g/mol. The minimum Gasteiger partial charge on any atom is -0.507 e. The van der Waals surface area contributed by atoms with Crippen LogP contribution in [0.3, 0.4) is 0 Å². The Labute approximate surface area is 133 Å². The molecule has 0 bridgehead atoms. The predicted molar refractivity (Wildman–Crippen MR) is 81.5 cm³/mol. The zero-order valence-electron chi connectivity index (χ0n) is 12.5. The molecule has 2 aromatic carbocycles. The Morgan fingerprint density at radius 2 is 2.09 bits per heavy atom. The molecule has 1 atom stereocenters. The number of rotatable bonds is 1.